The van der Waals surface area contributed by atoms with Gasteiger partial charge in [0.25, 0.3) is 0 Å². The van der Waals surface area contributed by atoms with Gasteiger partial charge >= 0.3 is 0 Å². The van der Waals surface area contributed by atoms with Crippen LogP contribution in [0.5, 0.6) is 0 Å². The van der Waals surface area contributed by atoms with Gasteiger partial charge in [0.1, 0.15) is 6.29 Å². The molecule has 1 fully saturated rings. The van der Waals surface area contributed by atoms with Crippen molar-refractivity contribution in [2.24, 2.45) is 5.73 Å². The first kappa shape index (κ1) is 9.22. The van der Waals surface area contributed by atoms with Crippen molar-refractivity contribution in [3.8, 4) is 0 Å². The van der Waals surface area contributed by atoms with E-state index in [9.17, 15) is 4.79 Å². The van der Waals surface area contributed by atoms with E-state index in [1.54, 1.807) is 0 Å². The van der Waals surface area contributed by atoms with Crippen molar-refractivity contribution < 1.29 is 4.79 Å². The third-order valence-corrected chi connectivity index (χ3v) is 1.98. The number of rotatable bonds is 3. The zero-order valence-corrected chi connectivity index (χ0v) is 7.12. The van der Waals surface area contributed by atoms with Crippen LogP contribution in [0.2, 0.25) is 0 Å². The van der Waals surface area contributed by atoms with Crippen LogP contribution in [0.25, 0.3) is 0 Å². The molecule has 1 aliphatic heterocycles. The molecule has 0 atom stereocenters. The number of aldehydes is 1. The van der Waals surface area contributed by atoms with Gasteiger partial charge in [-0.15, -0.1) is 0 Å². The zero-order valence-electron chi connectivity index (χ0n) is 7.12. The summed E-state index contributed by atoms with van der Waals surface area (Å²) < 4.78 is 0. The summed E-state index contributed by atoms with van der Waals surface area (Å²) in [4.78, 5) is 12.6. The summed E-state index contributed by atoms with van der Waals surface area (Å²) in [6.07, 6.45) is 2.21. The Morgan fingerprint density at radius 1 is 1.50 bits per heavy atom. The van der Waals surface area contributed by atoms with Gasteiger partial charge in [0, 0.05) is 44.5 Å². The second kappa shape index (κ2) is 4.90. The molecule has 0 unspecified atom stereocenters. The molecular weight excluding hydrogens is 154 g/mol. The molecule has 0 bridgehead atoms. The largest absolute Gasteiger partial charge is 0.404 e. The van der Waals surface area contributed by atoms with Crippen molar-refractivity contribution in [2.45, 2.75) is 0 Å². The molecule has 1 heterocycles. The highest BCUT2D eigenvalue weighted by atomic mass is 16.1. The quantitative estimate of drug-likeness (QED) is 0.417. The highest BCUT2D eigenvalue weighted by Gasteiger charge is 2.10. The van der Waals surface area contributed by atoms with Gasteiger partial charge in [-0.2, -0.15) is 0 Å². The lowest BCUT2D eigenvalue weighted by Crippen LogP contribution is -2.44. The normalized spacial score (nSPS) is 20.8. The van der Waals surface area contributed by atoms with Gasteiger partial charge in [0.15, 0.2) is 0 Å². The van der Waals surface area contributed by atoms with E-state index in [0.29, 0.717) is 12.1 Å². The Labute approximate surface area is 72.4 Å². The Morgan fingerprint density at radius 3 is 2.67 bits per heavy atom. The topological polar surface area (TPSA) is 58.4 Å². The van der Waals surface area contributed by atoms with Crippen molar-refractivity contribution in [1.82, 2.24) is 10.2 Å². The van der Waals surface area contributed by atoms with Gasteiger partial charge in [0.2, 0.25) is 0 Å². The lowest BCUT2D eigenvalue weighted by atomic mass is 10.2. The highest BCUT2D eigenvalue weighted by Crippen LogP contribution is 1.96. The monoisotopic (exact) mass is 169 g/mol. The predicted octanol–water partition coefficient (Wildman–Crippen LogP) is -1.07. The summed E-state index contributed by atoms with van der Waals surface area (Å²) in [6, 6.07) is 0. The van der Waals surface area contributed by atoms with E-state index >= 15 is 0 Å². The maximum atomic E-state index is 10.4. The van der Waals surface area contributed by atoms with Crippen molar-refractivity contribution in [1.29, 1.82) is 0 Å². The minimum Gasteiger partial charge on any atom is -0.404 e. The summed E-state index contributed by atoms with van der Waals surface area (Å²) in [5.74, 6) is 0. The minimum atomic E-state index is 0.664. The van der Waals surface area contributed by atoms with E-state index in [2.05, 4.69) is 10.2 Å². The van der Waals surface area contributed by atoms with Crippen LogP contribution in [0.4, 0.5) is 0 Å². The second-order valence-electron chi connectivity index (χ2n) is 2.89. The molecule has 0 aromatic carbocycles. The average Bonchev–Trinajstić information content (AvgIpc) is 2.16. The van der Waals surface area contributed by atoms with Gasteiger partial charge in [0.05, 0.1) is 0 Å². The maximum Gasteiger partial charge on any atom is 0.148 e. The predicted molar refractivity (Wildman–Crippen MR) is 47.6 cm³/mol. The van der Waals surface area contributed by atoms with Crippen molar-refractivity contribution in [3.63, 3.8) is 0 Å². The molecule has 0 aliphatic carbocycles. The standard InChI is InChI=1S/C8H15N3O/c9-5-8(7-12)6-11-3-1-10-2-4-11/h5,7,10H,1-4,6,9H2. The molecule has 0 radical (unpaired) electrons. The molecule has 68 valence electrons. The van der Waals surface area contributed by atoms with Gasteiger partial charge in [-0.05, 0) is 0 Å². The van der Waals surface area contributed by atoms with Gasteiger partial charge < -0.3 is 11.1 Å². The fourth-order valence-electron chi connectivity index (χ4n) is 1.26. The van der Waals surface area contributed by atoms with E-state index < -0.39 is 0 Å². The molecule has 0 saturated carbocycles. The maximum absolute atomic E-state index is 10.4. The van der Waals surface area contributed by atoms with Crippen molar-refractivity contribution >= 4 is 6.29 Å². The third kappa shape index (κ3) is 2.64. The van der Waals surface area contributed by atoms with Crippen LogP contribution in [0.15, 0.2) is 11.8 Å². The number of nitrogens with one attached hydrogen (secondary N) is 1. The first-order valence-electron chi connectivity index (χ1n) is 4.16. The number of nitrogens with two attached hydrogens (primary N) is 1. The zero-order chi connectivity index (χ0) is 8.81. The number of carbonyl (C=O) groups is 1. The van der Waals surface area contributed by atoms with E-state index in [-0.39, 0.29) is 0 Å². The Kier molecular flexibility index (Phi) is 3.76. The van der Waals surface area contributed by atoms with Crippen LogP contribution in [0.3, 0.4) is 0 Å². The van der Waals surface area contributed by atoms with Gasteiger partial charge in [-0.25, -0.2) is 0 Å². The van der Waals surface area contributed by atoms with E-state index in [1.807, 2.05) is 0 Å². The molecule has 1 aliphatic rings. The van der Waals surface area contributed by atoms with Crippen LogP contribution in [-0.4, -0.2) is 43.9 Å². The summed E-state index contributed by atoms with van der Waals surface area (Å²) in [5, 5.41) is 3.24. The molecule has 12 heavy (non-hydrogen) atoms. The number of piperazine rings is 1. The number of carbonyl (C=O) groups excluding carboxylic acids is 1. The Balaban J connectivity index is 2.33. The molecule has 4 nitrogen and oxygen atoms in total. The molecule has 4 heteroatoms. The summed E-state index contributed by atoms with van der Waals surface area (Å²) >= 11 is 0. The Bertz CT molecular complexity index is 173. The average molecular weight is 169 g/mol. The first-order valence-corrected chi connectivity index (χ1v) is 4.16. The molecule has 0 spiro atoms. The molecular formula is C8H15N3O. The van der Waals surface area contributed by atoms with Crippen LogP contribution in [-0.2, 0) is 4.79 Å². The summed E-state index contributed by atoms with van der Waals surface area (Å²) in [6.45, 7) is 4.66. The molecule has 0 amide bonds. The molecule has 0 aromatic rings. The SMILES string of the molecule is NC=C(C=O)CN1CCNCC1. The van der Waals surface area contributed by atoms with Crippen LogP contribution in [0.1, 0.15) is 0 Å². The van der Waals surface area contributed by atoms with Crippen LogP contribution < -0.4 is 11.1 Å². The smallest absolute Gasteiger partial charge is 0.148 e. The summed E-state index contributed by atoms with van der Waals surface area (Å²) in [5.41, 5.74) is 5.93. The first-order chi connectivity index (χ1) is 5.86. The number of nitrogens with zero attached hydrogens (tertiary/aromatic N) is 1. The van der Waals surface area contributed by atoms with Crippen LogP contribution in [0, 0.1) is 0 Å². The van der Waals surface area contributed by atoms with Gasteiger partial charge in [-0.3, -0.25) is 9.69 Å². The van der Waals surface area contributed by atoms with Gasteiger partial charge in [-0.1, -0.05) is 0 Å². The van der Waals surface area contributed by atoms with Crippen molar-refractivity contribution in [3.05, 3.63) is 11.8 Å². The Hall–Kier alpha value is -0.870. The Morgan fingerprint density at radius 2 is 2.17 bits per heavy atom. The molecule has 1 rings (SSSR count). The summed E-state index contributed by atoms with van der Waals surface area (Å²) in [7, 11) is 0. The highest BCUT2D eigenvalue weighted by molar-refractivity contribution is 5.73. The number of hydrogen-bond acceptors (Lipinski definition) is 4. The second-order valence-corrected chi connectivity index (χ2v) is 2.89. The van der Waals surface area contributed by atoms with E-state index in [4.69, 9.17) is 5.73 Å². The van der Waals surface area contributed by atoms with Crippen LogP contribution >= 0.6 is 0 Å². The van der Waals surface area contributed by atoms with E-state index in [0.717, 1.165) is 32.5 Å². The van der Waals surface area contributed by atoms with Crippen molar-refractivity contribution in [2.75, 3.05) is 32.7 Å². The molecule has 3 N–H and O–H groups in total. The van der Waals surface area contributed by atoms with E-state index in [1.165, 1.54) is 6.20 Å². The lowest BCUT2D eigenvalue weighted by molar-refractivity contribution is -0.105. The molecule has 1 saturated heterocycles. The lowest BCUT2D eigenvalue weighted by Gasteiger charge is -2.26. The minimum absolute atomic E-state index is 0.664. The fraction of sp³-hybridized carbons (Fsp3) is 0.625. The molecule has 0 aromatic heterocycles. The fourth-order valence-corrected chi connectivity index (χ4v) is 1.26. The number of hydrogen-bond donors (Lipinski definition) is 2. The third-order valence-electron chi connectivity index (χ3n) is 1.98.